The van der Waals surface area contributed by atoms with Gasteiger partial charge in [-0.1, -0.05) is 35.2 Å². The molecule has 2 nitrogen and oxygen atoms in total. The molecule has 2 atom stereocenters. The SMILES string of the molecule is O=C(NC1CCCCCC1Br)c1csc(Br)c1. The van der Waals surface area contributed by atoms with Crippen molar-refractivity contribution in [1.29, 1.82) is 0 Å². The van der Waals surface area contributed by atoms with Crippen LogP contribution in [0.25, 0.3) is 0 Å². The van der Waals surface area contributed by atoms with Gasteiger partial charge in [0.05, 0.1) is 9.35 Å². The number of thiophene rings is 1. The van der Waals surface area contributed by atoms with E-state index in [1.54, 1.807) is 11.3 Å². The predicted octanol–water partition coefficient (Wildman–Crippen LogP) is 4.34. The van der Waals surface area contributed by atoms with E-state index >= 15 is 0 Å². The predicted molar refractivity (Wildman–Crippen MR) is 79.1 cm³/mol. The summed E-state index contributed by atoms with van der Waals surface area (Å²) in [5.74, 6) is 0.0447. The summed E-state index contributed by atoms with van der Waals surface area (Å²) in [7, 11) is 0. The summed E-state index contributed by atoms with van der Waals surface area (Å²) in [6.45, 7) is 0. The largest absolute Gasteiger partial charge is 0.348 e. The van der Waals surface area contributed by atoms with E-state index in [4.69, 9.17) is 0 Å². The Balaban J connectivity index is 1.97. The Hall–Kier alpha value is 0.130. The molecule has 94 valence electrons. The minimum atomic E-state index is 0.0447. The molecule has 0 bridgehead atoms. The number of amides is 1. The Kier molecular flexibility index (Phi) is 5.06. The average Bonchev–Trinajstić information content (AvgIpc) is 2.63. The molecule has 0 aliphatic heterocycles. The van der Waals surface area contributed by atoms with E-state index in [0.717, 1.165) is 22.2 Å². The molecule has 0 aromatic carbocycles. The van der Waals surface area contributed by atoms with Crippen LogP contribution in [0.15, 0.2) is 15.2 Å². The van der Waals surface area contributed by atoms with E-state index < -0.39 is 0 Å². The highest BCUT2D eigenvalue weighted by Crippen LogP contribution is 2.25. The lowest BCUT2D eigenvalue weighted by molar-refractivity contribution is 0.0935. The molecule has 1 saturated carbocycles. The normalized spacial score (nSPS) is 25.3. The van der Waals surface area contributed by atoms with Gasteiger partial charge in [-0.05, 0) is 34.8 Å². The number of hydrogen-bond acceptors (Lipinski definition) is 2. The van der Waals surface area contributed by atoms with Gasteiger partial charge in [-0.25, -0.2) is 0 Å². The molecule has 2 rings (SSSR count). The molecule has 1 aromatic rings. The standard InChI is InChI=1S/C12H15Br2NOS/c13-9-4-2-1-3-5-10(9)15-12(16)8-6-11(14)17-7-8/h6-7,9-10H,1-5H2,(H,15,16). The third kappa shape index (κ3) is 3.80. The van der Waals surface area contributed by atoms with Gasteiger partial charge in [-0.15, -0.1) is 11.3 Å². The van der Waals surface area contributed by atoms with Crippen LogP contribution in [0.3, 0.4) is 0 Å². The fraction of sp³-hybridized carbons (Fsp3) is 0.583. The van der Waals surface area contributed by atoms with Crippen molar-refractivity contribution in [3.05, 3.63) is 20.8 Å². The summed E-state index contributed by atoms with van der Waals surface area (Å²) in [4.78, 5) is 12.5. The second-order valence-corrected chi connectivity index (χ2v) is 7.84. The monoisotopic (exact) mass is 379 g/mol. The summed E-state index contributed by atoms with van der Waals surface area (Å²) >= 11 is 8.61. The van der Waals surface area contributed by atoms with Crippen molar-refractivity contribution in [1.82, 2.24) is 5.32 Å². The first kappa shape index (κ1) is 13.6. The highest BCUT2D eigenvalue weighted by molar-refractivity contribution is 9.11. The van der Waals surface area contributed by atoms with Crippen LogP contribution in [0.4, 0.5) is 0 Å². The zero-order valence-corrected chi connectivity index (χ0v) is 13.4. The molecule has 1 fully saturated rings. The van der Waals surface area contributed by atoms with Crippen molar-refractivity contribution in [2.24, 2.45) is 0 Å². The number of nitrogens with one attached hydrogen (secondary N) is 1. The summed E-state index contributed by atoms with van der Waals surface area (Å²) in [5.41, 5.74) is 0.755. The van der Waals surface area contributed by atoms with Crippen LogP contribution in [0.2, 0.25) is 0 Å². The summed E-state index contributed by atoms with van der Waals surface area (Å²) in [6.07, 6.45) is 5.97. The molecule has 0 spiro atoms. The zero-order chi connectivity index (χ0) is 12.3. The second kappa shape index (κ2) is 6.34. The average molecular weight is 381 g/mol. The number of rotatable bonds is 2. The first-order valence-electron chi connectivity index (χ1n) is 5.86. The van der Waals surface area contributed by atoms with Gasteiger partial charge < -0.3 is 5.32 Å². The molecule has 1 N–H and O–H groups in total. The highest BCUT2D eigenvalue weighted by Gasteiger charge is 2.23. The van der Waals surface area contributed by atoms with Gasteiger partial charge in [0.2, 0.25) is 0 Å². The van der Waals surface area contributed by atoms with E-state index in [1.807, 2.05) is 11.4 Å². The lowest BCUT2D eigenvalue weighted by atomic mass is 10.1. The Morgan fingerprint density at radius 2 is 2.12 bits per heavy atom. The quantitative estimate of drug-likeness (QED) is 0.600. The van der Waals surface area contributed by atoms with Gasteiger partial charge >= 0.3 is 0 Å². The molecular formula is C12H15Br2NOS. The number of carbonyl (C=O) groups is 1. The zero-order valence-electron chi connectivity index (χ0n) is 9.42. The topological polar surface area (TPSA) is 29.1 Å². The number of carbonyl (C=O) groups excluding carboxylic acids is 1. The lowest BCUT2D eigenvalue weighted by Gasteiger charge is -2.21. The number of alkyl halides is 1. The molecule has 0 radical (unpaired) electrons. The molecular weight excluding hydrogens is 366 g/mol. The summed E-state index contributed by atoms with van der Waals surface area (Å²) < 4.78 is 0.999. The van der Waals surface area contributed by atoms with Gasteiger partial charge in [0, 0.05) is 16.2 Å². The van der Waals surface area contributed by atoms with Crippen LogP contribution in [-0.2, 0) is 0 Å². The Bertz CT molecular complexity index is 394. The maximum absolute atomic E-state index is 12.0. The van der Waals surface area contributed by atoms with Crippen molar-refractivity contribution >= 4 is 49.1 Å². The van der Waals surface area contributed by atoms with Crippen molar-refractivity contribution in [3.8, 4) is 0 Å². The van der Waals surface area contributed by atoms with E-state index in [-0.39, 0.29) is 11.9 Å². The first-order valence-corrected chi connectivity index (χ1v) is 8.44. The van der Waals surface area contributed by atoms with E-state index in [2.05, 4.69) is 37.2 Å². The molecule has 5 heteroatoms. The smallest absolute Gasteiger partial charge is 0.252 e. The van der Waals surface area contributed by atoms with Crippen LogP contribution in [0.5, 0.6) is 0 Å². The second-order valence-electron chi connectivity index (χ2n) is 4.37. The van der Waals surface area contributed by atoms with Crippen LogP contribution >= 0.6 is 43.2 Å². The Morgan fingerprint density at radius 3 is 2.82 bits per heavy atom. The molecule has 0 saturated heterocycles. The van der Waals surface area contributed by atoms with Crippen molar-refractivity contribution in [2.75, 3.05) is 0 Å². The van der Waals surface area contributed by atoms with Gasteiger partial charge in [0.25, 0.3) is 5.91 Å². The van der Waals surface area contributed by atoms with Crippen LogP contribution < -0.4 is 5.32 Å². The van der Waals surface area contributed by atoms with Crippen molar-refractivity contribution in [2.45, 2.75) is 43.0 Å². The molecule has 1 aromatic heterocycles. The Morgan fingerprint density at radius 1 is 1.35 bits per heavy atom. The van der Waals surface area contributed by atoms with E-state index in [1.165, 1.54) is 19.3 Å². The van der Waals surface area contributed by atoms with E-state index in [0.29, 0.717) is 4.83 Å². The van der Waals surface area contributed by atoms with Gasteiger partial charge in [-0.3, -0.25) is 4.79 Å². The minimum Gasteiger partial charge on any atom is -0.348 e. The summed E-state index contributed by atoms with van der Waals surface area (Å²) in [6, 6.07) is 2.14. The fourth-order valence-corrected chi connectivity index (χ4v) is 3.96. The molecule has 1 aliphatic carbocycles. The Labute approximate surface area is 122 Å². The fourth-order valence-electron chi connectivity index (χ4n) is 2.11. The molecule has 1 aliphatic rings. The molecule has 2 unspecified atom stereocenters. The number of halogens is 2. The van der Waals surface area contributed by atoms with Gasteiger partial charge in [0.15, 0.2) is 0 Å². The highest BCUT2D eigenvalue weighted by atomic mass is 79.9. The van der Waals surface area contributed by atoms with Gasteiger partial charge in [-0.2, -0.15) is 0 Å². The molecule has 17 heavy (non-hydrogen) atoms. The third-order valence-electron chi connectivity index (χ3n) is 3.08. The van der Waals surface area contributed by atoms with Gasteiger partial charge in [0.1, 0.15) is 0 Å². The van der Waals surface area contributed by atoms with Crippen LogP contribution in [-0.4, -0.2) is 16.8 Å². The maximum Gasteiger partial charge on any atom is 0.252 e. The maximum atomic E-state index is 12.0. The van der Waals surface area contributed by atoms with Crippen LogP contribution in [0.1, 0.15) is 42.5 Å². The molecule has 1 amide bonds. The van der Waals surface area contributed by atoms with E-state index in [9.17, 15) is 4.79 Å². The number of hydrogen-bond donors (Lipinski definition) is 1. The van der Waals surface area contributed by atoms with Crippen LogP contribution in [0, 0.1) is 0 Å². The summed E-state index contributed by atoms with van der Waals surface area (Å²) in [5, 5.41) is 5.03. The first-order chi connectivity index (χ1) is 8.16. The van der Waals surface area contributed by atoms with Crippen molar-refractivity contribution in [3.63, 3.8) is 0 Å². The van der Waals surface area contributed by atoms with Crippen molar-refractivity contribution < 1.29 is 4.79 Å². The minimum absolute atomic E-state index is 0.0447. The lowest BCUT2D eigenvalue weighted by Crippen LogP contribution is -2.40. The molecule has 1 heterocycles. The third-order valence-corrected chi connectivity index (χ3v) is 5.68.